The molecule has 0 bridgehead atoms. The first-order chi connectivity index (χ1) is 9.85. The molecule has 0 spiro atoms. The molecule has 3 heteroatoms. The Bertz CT molecular complexity index is 456. The Morgan fingerprint density at radius 1 is 1.38 bits per heavy atom. The van der Waals surface area contributed by atoms with Gasteiger partial charge in [0.1, 0.15) is 0 Å². The van der Waals surface area contributed by atoms with Crippen molar-refractivity contribution in [2.45, 2.75) is 72.6 Å². The average Bonchev–Trinajstić information content (AvgIpc) is 2.34. The highest BCUT2D eigenvalue weighted by Crippen LogP contribution is 2.38. The minimum absolute atomic E-state index is 0.160. The zero-order valence-electron chi connectivity index (χ0n) is 14.1. The van der Waals surface area contributed by atoms with Gasteiger partial charge in [0.2, 0.25) is 5.88 Å². The number of ether oxygens (including phenoxy) is 1. The maximum atomic E-state index is 5.80. The van der Waals surface area contributed by atoms with Gasteiger partial charge in [0.05, 0.1) is 6.10 Å². The van der Waals surface area contributed by atoms with Crippen LogP contribution in [0, 0.1) is 11.3 Å². The summed E-state index contributed by atoms with van der Waals surface area (Å²) in [4.78, 5) is 4.36. The van der Waals surface area contributed by atoms with Crippen molar-refractivity contribution in [3.8, 4) is 5.88 Å². The Balaban J connectivity index is 1.96. The summed E-state index contributed by atoms with van der Waals surface area (Å²) < 4.78 is 5.80. The molecule has 0 saturated heterocycles. The molecule has 2 rings (SSSR count). The van der Waals surface area contributed by atoms with Gasteiger partial charge in [-0.1, -0.05) is 26.8 Å². The summed E-state index contributed by atoms with van der Waals surface area (Å²) in [7, 11) is 0. The molecule has 1 saturated carbocycles. The number of nitrogens with one attached hydrogen (secondary N) is 1. The molecule has 0 amide bonds. The molecular formula is C18H30N2O. The van der Waals surface area contributed by atoms with E-state index in [-0.39, 0.29) is 6.10 Å². The first kappa shape index (κ1) is 16.3. The third kappa shape index (κ3) is 4.99. The normalized spacial score (nSPS) is 25.0. The largest absolute Gasteiger partial charge is 0.475 e. The van der Waals surface area contributed by atoms with Crippen LogP contribution >= 0.6 is 0 Å². The fraction of sp³-hybridized carbons (Fsp3) is 0.722. The van der Waals surface area contributed by atoms with E-state index in [1.54, 1.807) is 6.20 Å². The number of nitrogens with zero attached hydrogens (tertiary/aromatic N) is 1. The lowest BCUT2D eigenvalue weighted by Crippen LogP contribution is -2.39. The van der Waals surface area contributed by atoms with Crippen LogP contribution in [0.3, 0.4) is 0 Å². The van der Waals surface area contributed by atoms with Crippen molar-refractivity contribution in [1.29, 1.82) is 0 Å². The minimum Gasteiger partial charge on any atom is -0.475 e. The average molecular weight is 290 g/mol. The van der Waals surface area contributed by atoms with E-state index in [0.29, 0.717) is 11.5 Å². The highest BCUT2D eigenvalue weighted by molar-refractivity contribution is 5.25. The van der Waals surface area contributed by atoms with Crippen molar-refractivity contribution in [2.75, 3.05) is 0 Å². The summed E-state index contributed by atoms with van der Waals surface area (Å²) in [6, 6.07) is 4.68. The lowest BCUT2D eigenvalue weighted by molar-refractivity contribution is 0.150. The molecule has 1 fully saturated rings. The molecule has 1 aromatic heterocycles. The first-order valence-corrected chi connectivity index (χ1v) is 8.19. The van der Waals surface area contributed by atoms with Crippen LogP contribution in [0.5, 0.6) is 5.88 Å². The molecule has 0 aromatic carbocycles. The zero-order valence-corrected chi connectivity index (χ0v) is 14.1. The van der Waals surface area contributed by atoms with E-state index in [1.807, 2.05) is 19.9 Å². The molecule has 118 valence electrons. The Morgan fingerprint density at radius 3 is 2.81 bits per heavy atom. The number of rotatable bonds is 5. The number of aromatic nitrogens is 1. The quantitative estimate of drug-likeness (QED) is 0.883. The van der Waals surface area contributed by atoms with Gasteiger partial charge in [-0.25, -0.2) is 4.98 Å². The molecule has 2 unspecified atom stereocenters. The van der Waals surface area contributed by atoms with Gasteiger partial charge in [-0.2, -0.15) is 0 Å². The maximum Gasteiger partial charge on any atom is 0.218 e. The second-order valence-corrected chi connectivity index (χ2v) is 7.63. The third-order valence-corrected chi connectivity index (χ3v) is 4.17. The van der Waals surface area contributed by atoms with E-state index in [2.05, 4.69) is 37.1 Å². The number of pyridine rings is 1. The first-order valence-electron chi connectivity index (χ1n) is 8.19. The second kappa shape index (κ2) is 6.78. The SMILES string of the molecule is CC1CC(NCc2cccnc2OC(C)C)CC(C)(C)C1. The Hall–Kier alpha value is -1.09. The van der Waals surface area contributed by atoms with Gasteiger partial charge in [-0.15, -0.1) is 0 Å². The predicted molar refractivity (Wildman–Crippen MR) is 87.4 cm³/mol. The van der Waals surface area contributed by atoms with E-state index in [9.17, 15) is 0 Å². The van der Waals surface area contributed by atoms with Gasteiger partial charge in [0.25, 0.3) is 0 Å². The summed E-state index contributed by atoms with van der Waals surface area (Å²) in [5, 5.41) is 3.72. The molecule has 21 heavy (non-hydrogen) atoms. The Kier molecular flexibility index (Phi) is 5.26. The fourth-order valence-electron chi connectivity index (χ4n) is 3.64. The van der Waals surface area contributed by atoms with Gasteiger partial charge in [0.15, 0.2) is 0 Å². The molecule has 1 aliphatic rings. The zero-order chi connectivity index (χ0) is 15.5. The highest BCUT2D eigenvalue weighted by Gasteiger charge is 2.31. The van der Waals surface area contributed by atoms with Crippen LogP contribution in [0.25, 0.3) is 0 Å². The topological polar surface area (TPSA) is 34.2 Å². The maximum absolute atomic E-state index is 5.80. The molecule has 2 atom stereocenters. The fourth-order valence-corrected chi connectivity index (χ4v) is 3.64. The van der Waals surface area contributed by atoms with Crippen LogP contribution in [0.4, 0.5) is 0 Å². The molecule has 1 aliphatic carbocycles. The third-order valence-electron chi connectivity index (χ3n) is 4.17. The summed E-state index contributed by atoms with van der Waals surface area (Å²) in [6.07, 6.45) is 5.81. The molecular weight excluding hydrogens is 260 g/mol. The van der Waals surface area contributed by atoms with Gasteiger partial charge < -0.3 is 10.1 Å². The number of hydrogen-bond acceptors (Lipinski definition) is 3. The van der Waals surface area contributed by atoms with Gasteiger partial charge in [-0.05, 0) is 50.5 Å². The van der Waals surface area contributed by atoms with Crippen LogP contribution in [-0.2, 0) is 6.54 Å². The van der Waals surface area contributed by atoms with Crippen molar-refractivity contribution < 1.29 is 4.74 Å². The van der Waals surface area contributed by atoms with Gasteiger partial charge >= 0.3 is 0 Å². The molecule has 1 N–H and O–H groups in total. The Labute approximate surface area is 129 Å². The van der Waals surface area contributed by atoms with Crippen LogP contribution in [0.1, 0.15) is 59.4 Å². The van der Waals surface area contributed by atoms with Crippen molar-refractivity contribution in [3.05, 3.63) is 23.9 Å². The molecule has 0 aliphatic heterocycles. The van der Waals surface area contributed by atoms with Crippen LogP contribution in [0.2, 0.25) is 0 Å². The van der Waals surface area contributed by atoms with Gasteiger partial charge in [0, 0.05) is 24.3 Å². The van der Waals surface area contributed by atoms with Crippen molar-refractivity contribution in [1.82, 2.24) is 10.3 Å². The molecule has 3 nitrogen and oxygen atoms in total. The van der Waals surface area contributed by atoms with Crippen molar-refractivity contribution >= 4 is 0 Å². The Morgan fingerprint density at radius 2 is 2.14 bits per heavy atom. The van der Waals surface area contributed by atoms with Gasteiger partial charge in [-0.3, -0.25) is 0 Å². The second-order valence-electron chi connectivity index (χ2n) is 7.63. The smallest absolute Gasteiger partial charge is 0.218 e. The van der Waals surface area contributed by atoms with Crippen LogP contribution in [0.15, 0.2) is 18.3 Å². The van der Waals surface area contributed by atoms with Crippen LogP contribution in [-0.4, -0.2) is 17.1 Å². The van der Waals surface area contributed by atoms with Crippen LogP contribution < -0.4 is 10.1 Å². The molecule has 1 aromatic rings. The lowest BCUT2D eigenvalue weighted by Gasteiger charge is -2.39. The highest BCUT2D eigenvalue weighted by atomic mass is 16.5. The van der Waals surface area contributed by atoms with E-state index in [1.165, 1.54) is 19.3 Å². The lowest BCUT2D eigenvalue weighted by atomic mass is 9.70. The predicted octanol–water partition coefficient (Wildman–Crippen LogP) is 4.17. The molecule has 0 radical (unpaired) electrons. The van der Waals surface area contributed by atoms with E-state index in [4.69, 9.17) is 4.74 Å². The minimum atomic E-state index is 0.160. The summed E-state index contributed by atoms with van der Waals surface area (Å²) >= 11 is 0. The summed E-state index contributed by atoms with van der Waals surface area (Å²) in [6.45, 7) is 12.0. The molecule has 1 heterocycles. The standard InChI is InChI=1S/C18H30N2O/c1-13(2)21-17-15(7-6-8-19-17)12-20-16-9-14(3)10-18(4,5)11-16/h6-8,13-14,16,20H,9-12H2,1-5H3. The summed E-state index contributed by atoms with van der Waals surface area (Å²) in [5.74, 6) is 1.56. The summed E-state index contributed by atoms with van der Waals surface area (Å²) in [5.41, 5.74) is 1.60. The van der Waals surface area contributed by atoms with E-state index < -0.39 is 0 Å². The van der Waals surface area contributed by atoms with E-state index in [0.717, 1.165) is 23.9 Å². The number of hydrogen-bond donors (Lipinski definition) is 1. The van der Waals surface area contributed by atoms with Crippen molar-refractivity contribution in [3.63, 3.8) is 0 Å². The monoisotopic (exact) mass is 290 g/mol. The van der Waals surface area contributed by atoms with Crippen molar-refractivity contribution in [2.24, 2.45) is 11.3 Å². The van der Waals surface area contributed by atoms with E-state index >= 15 is 0 Å².